The molecule has 0 amide bonds. The molecule has 0 rings (SSSR count). The average molecular weight is 984 g/mol. The van der Waals surface area contributed by atoms with Crippen LogP contribution in [-0.4, -0.2) is 37.2 Å². The molecule has 0 radical (unpaired) electrons. The van der Waals surface area contributed by atoms with Gasteiger partial charge in [0.1, 0.15) is 13.2 Å². The number of rotatable bonds is 57. The van der Waals surface area contributed by atoms with Crippen molar-refractivity contribution in [3.05, 3.63) is 36.5 Å². The van der Waals surface area contributed by atoms with Crippen molar-refractivity contribution in [2.75, 3.05) is 13.2 Å². The van der Waals surface area contributed by atoms with Crippen LogP contribution in [0.1, 0.15) is 335 Å². The van der Waals surface area contributed by atoms with Crippen molar-refractivity contribution >= 4 is 17.9 Å². The molecular formula is C64H118O6. The molecule has 410 valence electrons. The second kappa shape index (κ2) is 59.2. The van der Waals surface area contributed by atoms with E-state index in [1.807, 2.05) is 0 Å². The maximum Gasteiger partial charge on any atom is 0.306 e. The molecule has 0 aromatic heterocycles. The molecule has 0 spiro atoms. The first-order valence-electron chi connectivity index (χ1n) is 31.0. The summed E-state index contributed by atoms with van der Waals surface area (Å²) >= 11 is 0. The number of allylic oxidation sites excluding steroid dienone is 6. The van der Waals surface area contributed by atoms with Crippen LogP contribution in [0.15, 0.2) is 36.5 Å². The number of hydrogen-bond acceptors (Lipinski definition) is 6. The molecule has 1 unspecified atom stereocenters. The lowest BCUT2D eigenvalue weighted by molar-refractivity contribution is -0.167. The molecule has 70 heavy (non-hydrogen) atoms. The molecule has 0 aliphatic carbocycles. The minimum atomic E-state index is -0.772. The summed E-state index contributed by atoms with van der Waals surface area (Å²) in [5.41, 5.74) is 0. The van der Waals surface area contributed by atoms with Gasteiger partial charge in [-0.25, -0.2) is 0 Å². The van der Waals surface area contributed by atoms with Gasteiger partial charge in [0.15, 0.2) is 6.10 Å². The number of unbranched alkanes of at least 4 members (excludes halogenated alkanes) is 40. The predicted molar refractivity (Wildman–Crippen MR) is 302 cm³/mol. The van der Waals surface area contributed by atoms with E-state index in [1.165, 1.54) is 231 Å². The van der Waals surface area contributed by atoms with E-state index in [-0.39, 0.29) is 31.1 Å². The number of ether oxygens (including phenoxy) is 3. The second-order valence-electron chi connectivity index (χ2n) is 21.0. The highest BCUT2D eigenvalue weighted by Gasteiger charge is 2.19. The van der Waals surface area contributed by atoms with Crippen molar-refractivity contribution in [2.45, 2.75) is 341 Å². The Hall–Kier alpha value is -2.37. The fourth-order valence-electron chi connectivity index (χ4n) is 9.18. The maximum absolute atomic E-state index is 12.9. The monoisotopic (exact) mass is 983 g/mol. The molecule has 6 nitrogen and oxygen atoms in total. The van der Waals surface area contributed by atoms with Gasteiger partial charge in [-0.3, -0.25) is 14.4 Å². The van der Waals surface area contributed by atoms with Gasteiger partial charge in [-0.1, -0.05) is 276 Å². The number of carbonyl (C=O) groups excluding carboxylic acids is 3. The lowest BCUT2D eigenvalue weighted by Crippen LogP contribution is -2.30. The van der Waals surface area contributed by atoms with E-state index in [9.17, 15) is 14.4 Å². The van der Waals surface area contributed by atoms with Crippen LogP contribution in [0, 0.1) is 0 Å². The van der Waals surface area contributed by atoms with E-state index in [0.29, 0.717) is 19.3 Å². The lowest BCUT2D eigenvalue weighted by atomic mass is 10.0. The number of carbonyl (C=O) groups is 3. The zero-order valence-electron chi connectivity index (χ0n) is 47.1. The molecular weight excluding hydrogens is 865 g/mol. The van der Waals surface area contributed by atoms with Gasteiger partial charge in [0.2, 0.25) is 0 Å². The van der Waals surface area contributed by atoms with Crippen molar-refractivity contribution in [1.29, 1.82) is 0 Å². The Kier molecular flexibility index (Phi) is 57.2. The molecule has 0 aromatic carbocycles. The summed E-state index contributed by atoms with van der Waals surface area (Å²) in [5, 5.41) is 0. The molecule has 0 saturated heterocycles. The number of hydrogen-bond donors (Lipinski definition) is 0. The van der Waals surface area contributed by atoms with Crippen molar-refractivity contribution in [2.24, 2.45) is 0 Å². The highest BCUT2D eigenvalue weighted by molar-refractivity contribution is 5.71. The molecule has 0 fully saturated rings. The Morgan fingerprint density at radius 1 is 0.286 bits per heavy atom. The van der Waals surface area contributed by atoms with Gasteiger partial charge >= 0.3 is 17.9 Å². The Balaban J connectivity index is 4.29. The standard InChI is InChI=1S/C64H118O6/c1-4-7-10-13-16-19-22-25-27-29-31-32-34-35-37-39-42-45-48-51-54-57-63(66)69-60-61(59-68-62(65)56-53-50-47-44-41-24-21-18-15-12-9-6-3)70-64(67)58-55-52-49-46-43-40-38-36-33-30-28-26-23-20-17-14-11-8-5-2/h17,20,26,28-29,31,61H,4-16,18-19,21-25,27,30,32-60H2,1-3H3/b20-17-,28-26-,31-29-. The van der Waals surface area contributed by atoms with Gasteiger partial charge in [-0.2, -0.15) is 0 Å². The third-order valence-electron chi connectivity index (χ3n) is 13.9. The normalized spacial score (nSPS) is 12.2. The molecule has 0 N–H and O–H groups in total. The predicted octanol–water partition coefficient (Wildman–Crippen LogP) is 20.8. The summed E-state index contributed by atoms with van der Waals surface area (Å²) in [6.07, 6.45) is 71.4. The van der Waals surface area contributed by atoms with E-state index >= 15 is 0 Å². The van der Waals surface area contributed by atoms with E-state index in [4.69, 9.17) is 14.2 Å². The van der Waals surface area contributed by atoms with Crippen molar-refractivity contribution in [1.82, 2.24) is 0 Å². The smallest absolute Gasteiger partial charge is 0.306 e. The van der Waals surface area contributed by atoms with Gasteiger partial charge < -0.3 is 14.2 Å². The third kappa shape index (κ3) is 56.5. The fraction of sp³-hybridized carbons (Fsp3) is 0.859. The molecule has 0 saturated carbocycles. The zero-order valence-corrected chi connectivity index (χ0v) is 47.1. The van der Waals surface area contributed by atoms with Crippen molar-refractivity contribution in [3.8, 4) is 0 Å². The van der Waals surface area contributed by atoms with Crippen LogP contribution in [0.2, 0.25) is 0 Å². The van der Waals surface area contributed by atoms with E-state index in [0.717, 1.165) is 64.2 Å². The van der Waals surface area contributed by atoms with Gasteiger partial charge in [-0.15, -0.1) is 0 Å². The Morgan fingerprint density at radius 3 is 0.829 bits per heavy atom. The first-order chi connectivity index (χ1) is 34.5. The van der Waals surface area contributed by atoms with Crippen LogP contribution in [0.5, 0.6) is 0 Å². The highest BCUT2D eigenvalue weighted by atomic mass is 16.6. The molecule has 0 aliphatic heterocycles. The summed E-state index contributed by atoms with van der Waals surface area (Å²) in [6, 6.07) is 0. The first kappa shape index (κ1) is 67.6. The van der Waals surface area contributed by atoms with Crippen molar-refractivity contribution in [3.63, 3.8) is 0 Å². The fourth-order valence-corrected chi connectivity index (χ4v) is 9.18. The molecule has 0 aromatic rings. The summed E-state index contributed by atoms with van der Waals surface area (Å²) < 4.78 is 16.9. The van der Waals surface area contributed by atoms with Crippen LogP contribution in [-0.2, 0) is 28.6 Å². The third-order valence-corrected chi connectivity index (χ3v) is 13.9. The molecule has 1 atom stereocenters. The number of esters is 3. The minimum absolute atomic E-state index is 0.0704. The Bertz CT molecular complexity index is 1170. The van der Waals surface area contributed by atoms with Crippen LogP contribution >= 0.6 is 0 Å². The Labute approximate surface area is 435 Å². The maximum atomic E-state index is 12.9. The molecule has 0 heterocycles. The summed E-state index contributed by atoms with van der Waals surface area (Å²) in [5.74, 6) is -0.857. The van der Waals surface area contributed by atoms with E-state index < -0.39 is 6.10 Å². The van der Waals surface area contributed by atoms with Crippen LogP contribution in [0.25, 0.3) is 0 Å². The molecule has 6 heteroatoms. The second-order valence-corrected chi connectivity index (χ2v) is 21.0. The summed E-state index contributed by atoms with van der Waals surface area (Å²) in [7, 11) is 0. The summed E-state index contributed by atoms with van der Waals surface area (Å²) in [6.45, 7) is 6.66. The molecule has 0 aliphatic rings. The largest absolute Gasteiger partial charge is 0.462 e. The van der Waals surface area contributed by atoms with Crippen molar-refractivity contribution < 1.29 is 28.6 Å². The van der Waals surface area contributed by atoms with Gasteiger partial charge in [0.25, 0.3) is 0 Å². The zero-order chi connectivity index (χ0) is 50.7. The van der Waals surface area contributed by atoms with E-state index in [2.05, 4.69) is 57.2 Å². The van der Waals surface area contributed by atoms with Gasteiger partial charge in [-0.05, 0) is 77.0 Å². The topological polar surface area (TPSA) is 78.9 Å². The summed E-state index contributed by atoms with van der Waals surface area (Å²) in [4.78, 5) is 38.2. The molecule has 0 bridgehead atoms. The SMILES string of the molecule is CCCCC/C=C\C/C=C\CCCCCCCCCCCC(=O)OC(COC(=O)CCCCCCCCCCC/C=C\CCCCCCCCCC)COC(=O)CCCCCCCCCCCCCC. The van der Waals surface area contributed by atoms with Crippen LogP contribution in [0.4, 0.5) is 0 Å². The first-order valence-corrected chi connectivity index (χ1v) is 31.0. The Morgan fingerprint density at radius 2 is 0.514 bits per heavy atom. The average Bonchev–Trinajstić information content (AvgIpc) is 3.36. The quantitative estimate of drug-likeness (QED) is 0.0261. The van der Waals surface area contributed by atoms with Crippen LogP contribution < -0.4 is 0 Å². The highest BCUT2D eigenvalue weighted by Crippen LogP contribution is 2.17. The minimum Gasteiger partial charge on any atom is -0.462 e. The van der Waals surface area contributed by atoms with Gasteiger partial charge in [0.05, 0.1) is 0 Å². The van der Waals surface area contributed by atoms with Crippen LogP contribution in [0.3, 0.4) is 0 Å². The van der Waals surface area contributed by atoms with Gasteiger partial charge in [0, 0.05) is 19.3 Å². The lowest BCUT2D eigenvalue weighted by Gasteiger charge is -2.18. The van der Waals surface area contributed by atoms with E-state index in [1.54, 1.807) is 0 Å².